The van der Waals surface area contributed by atoms with Crippen LogP contribution in [0.5, 0.6) is 0 Å². The zero-order valence-corrected chi connectivity index (χ0v) is 11.5. The molecule has 0 amide bonds. The lowest BCUT2D eigenvalue weighted by Crippen LogP contribution is -2.13. The standard InChI is InChI=1S/C11H12FN3O2S2/c12-10-5-9(19(13,16)17)1-2-11(10)14-4-3-8-6-18-7-15-8/h1-2,5-7,14H,3-4H2,(H2,13,16,17). The molecule has 0 atom stereocenters. The van der Waals surface area contributed by atoms with E-state index < -0.39 is 15.8 Å². The van der Waals surface area contributed by atoms with Gasteiger partial charge in [-0.25, -0.2) is 22.9 Å². The van der Waals surface area contributed by atoms with E-state index >= 15 is 0 Å². The summed E-state index contributed by atoms with van der Waals surface area (Å²) in [7, 11) is -3.87. The van der Waals surface area contributed by atoms with Crippen molar-refractivity contribution in [2.45, 2.75) is 11.3 Å². The van der Waals surface area contributed by atoms with E-state index in [4.69, 9.17) is 5.14 Å². The Labute approximate surface area is 114 Å². The summed E-state index contributed by atoms with van der Waals surface area (Å²) in [5.74, 6) is -0.648. The van der Waals surface area contributed by atoms with Crippen molar-refractivity contribution in [1.82, 2.24) is 4.98 Å². The van der Waals surface area contributed by atoms with Crippen molar-refractivity contribution >= 4 is 27.0 Å². The van der Waals surface area contributed by atoms with Crippen LogP contribution in [-0.4, -0.2) is 19.9 Å². The number of nitrogens with two attached hydrogens (primary N) is 1. The summed E-state index contributed by atoms with van der Waals surface area (Å²) < 4.78 is 35.7. The lowest BCUT2D eigenvalue weighted by Gasteiger charge is -2.07. The number of anilines is 1. The number of hydrogen-bond acceptors (Lipinski definition) is 5. The number of thiazole rings is 1. The largest absolute Gasteiger partial charge is 0.382 e. The molecule has 2 rings (SSSR count). The first-order valence-electron chi connectivity index (χ1n) is 5.40. The molecule has 0 saturated heterocycles. The Morgan fingerprint density at radius 1 is 1.42 bits per heavy atom. The van der Waals surface area contributed by atoms with E-state index in [2.05, 4.69) is 10.3 Å². The van der Waals surface area contributed by atoms with E-state index in [0.717, 1.165) is 11.8 Å². The number of aromatic nitrogens is 1. The van der Waals surface area contributed by atoms with Crippen LogP contribution in [-0.2, 0) is 16.4 Å². The number of sulfonamides is 1. The summed E-state index contributed by atoms with van der Waals surface area (Å²) in [5, 5.41) is 9.72. The van der Waals surface area contributed by atoms with Crippen LogP contribution in [0.4, 0.5) is 10.1 Å². The molecule has 0 aliphatic heterocycles. The molecule has 5 nitrogen and oxygen atoms in total. The lowest BCUT2D eigenvalue weighted by molar-refractivity contribution is 0.593. The van der Waals surface area contributed by atoms with Gasteiger partial charge in [0.2, 0.25) is 10.0 Å². The molecule has 0 fully saturated rings. The number of rotatable bonds is 5. The lowest BCUT2D eigenvalue weighted by atomic mass is 10.3. The molecule has 1 aromatic heterocycles. The quantitative estimate of drug-likeness (QED) is 0.878. The maximum Gasteiger partial charge on any atom is 0.238 e. The smallest absolute Gasteiger partial charge is 0.238 e. The normalized spacial score (nSPS) is 11.5. The van der Waals surface area contributed by atoms with Crippen LogP contribution in [0.25, 0.3) is 0 Å². The number of hydrogen-bond donors (Lipinski definition) is 2. The minimum atomic E-state index is -3.87. The molecule has 0 saturated carbocycles. The SMILES string of the molecule is NS(=O)(=O)c1ccc(NCCc2cscn2)c(F)c1. The van der Waals surface area contributed by atoms with E-state index in [-0.39, 0.29) is 10.6 Å². The Kier molecular flexibility index (Phi) is 4.13. The van der Waals surface area contributed by atoms with E-state index in [0.29, 0.717) is 13.0 Å². The van der Waals surface area contributed by atoms with Crippen LogP contribution in [0.2, 0.25) is 0 Å². The van der Waals surface area contributed by atoms with Crippen molar-refractivity contribution in [3.05, 3.63) is 40.6 Å². The third-order valence-corrected chi connectivity index (χ3v) is 4.00. The van der Waals surface area contributed by atoms with Crippen molar-refractivity contribution in [2.24, 2.45) is 5.14 Å². The maximum atomic E-state index is 13.7. The van der Waals surface area contributed by atoms with E-state index in [1.807, 2.05) is 5.38 Å². The Morgan fingerprint density at radius 2 is 2.21 bits per heavy atom. The number of halogens is 1. The van der Waals surface area contributed by atoms with Gasteiger partial charge in [0, 0.05) is 18.3 Å². The molecule has 19 heavy (non-hydrogen) atoms. The van der Waals surface area contributed by atoms with Crippen LogP contribution >= 0.6 is 11.3 Å². The summed E-state index contributed by atoms with van der Waals surface area (Å²) in [5.41, 5.74) is 2.90. The van der Waals surface area contributed by atoms with Gasteiger partial charge in [-0.1, -0.05) is 0 Å². The molecule has 102 valence electrons. The van der Waals surface area contributed by atoms with Gasteiger partial charge >= 0.3 is 0 Å². The topological polar surface area (TPSA) is 85.1 Å². The highest BCUT2D eigenvalue weighted by molar-refractivity contribution is 7.89. The second-order valence-corrected chi connectivity index (χ2v) is 6.12. The first-order chi connectivity index (χ1) is 8.97. The molecule has 0 radical (unpaired) electrons. The van der Waals surface area contributed by atoms with Gasteiger partial charge in [0.25, 0.3) is 0 Å². The Morgan fingerprint density at radius 3 is 2.79 bits per heavy atom. The van der Waals surface area contributed by atoms with Crippen molar-refractivity contribution in [2.75, 3.05) is 11.9 Å². The van der Waals surface area contributed by atoms with Crippen molar-refractivity contribution in [1.29, 1.82) is 0 Å². The van der Waals surface area contributed by atoms with Gasteiger partial charge < -0.3 is 5.32 Å². The summed E-state index contributed by atoms with van der Waals surface area (Å²) in [6.07, 6.45) is 0.667. The van der Waals surface area contributed by atoms with Gasteiger partial charge in [0.05, 0.1) is 21.8 Å². The number of nitrogens with zero attached hydrogens (tertiary/aromatic N) is 1. The molecule has 0 spiro atoms. The van der Waals surface area contributed by atoms with Crippen LogP contribution in [0.15, 0.2) is 34.0 Å². The third kappa shape index (κ3) is 3.72. The van der Waals surface area contributed by atoms with Crippen molar-refractivity contribution in [3.63, 3.8) is 0 Å². The van der Waals surface area contributed by atoms with Gasteiger partial charge in [-0.2, -0.15) is 0 Å². The van der Waals surface area contributed by atoms with Gasteiger partial charge in [0.15, 0.2) is 0 Å². The molecule has 0 aliphatic rings. The monoisotopic (exact) mass is 301 g/mol. The van der Waals surface area contributed by atoms with E-state index in [1.54, 1.807) is 5.51 Å². The van der Waals surface area contributed by atoms with Gasteiger partial charge in [-0.3, -0.25) is 0 Å². The molecule has 0 bridgehead atoms. The van der Waals surface area contributed by atoms with Crippen LogP contribution in [0.1, 0.15) is 5.69 Å². The predicted molar refractivity (Wildman–Crippen MR) is 72.1 cm³/mol. The first-order valence-corrected chi connectivity index (χ1v) is 7.89. The van der Waals surface area contributed by atoms with Gasteiger partial charge in [-0.05, 0) is 18.2 Å². The second kappa shape index (κ2) is 5.64. The minimum Gasteiger partial charge on any atom is -0.382 e. The van der Waals surface area contributed by atoms with Crippen LogP contribution in [0, 0.1) is 5.82 Å². The maximum absolute atomic E-state index is 13.7. The second-order valence-electron chi connectivity index (χ2n) is 3.84. The van der Waals surface area contributed by atoms with Gasteiger partial charge in [0.1, 0.15) is 5.82 Å². The number of primary sulfonamides is 1. The zero-order chi connectivity index (χ0) is 13.9. The average Bonchev–Trinajstić information content (AvgIpc) is 2.83. The summed E-state index contributed by atoms with van der Waals surface area (Å²) in [4.78, 5) is 3.86. The highest BCUT2D eigenvalue weighted by Gasteiger charge is 2.11. The summed E-state index contributed by atoms with van der Waals surface area (Å²) >= 11 is 1.50. The molecular formula is C11H12FN3O2S2. The Bertz CT molecular complexity index is 657. The first kappa shape index (κ1) is 13.9. The number of nitrogens with one attached hydrogen (secondary N) is 1. The third-order valence-electron chi connectivity index (χ3n) is 2.45. The van der Waals surface area contributed by atoms with Crippen LogP contribution < -0.4 is 10.5 Å². The van der Waals surface area contributed by atoms with Crippen LogP contribution in [0.3, 0.4) is 0 Å². The van der Waals surface area contributed by atoms with E-state index in [9.17, 15) is 12.8 Å². The fraction of sp³-hybridized carbons (Fsp3) is 0.182. The molecule has 1 aromatic carbocycles. The highest BCUT2D eigenvalue weighted by atomic mass is 32.2. The highest BCUT2D eigenvalue weighted by Crippen LogP contribution is 2.18. The zero-order valence-electron chi connectivity index (χ0n) is 9.84. The Hall–Kier alpha value is -1.51. The average molecular weight is 301 g/mol. The summed E-state index contributed by atoms with van der Waals surface area (Å²) in [6.45, 7) is 0.509. The van der Waals surface area contributed by atoms with Crippen molar-refractivity contribution in [3.8, 4) is 0 Å². The summed E-state index contributed by atoms with van der Waals surface area (Å²) in [6, 6.07) is 3.53. The molecule has 1 heterocycles. The van der Waals surface area contributed by atoms with Gasteiger partial charge in [-0.15, -0.1) is 11.3 Å². The molecule has 2 aromatic rings. The molecule has 0 unspecified atom stereocenters. The minimum absolute atomic E-state index is 0.239. The Balaban J connectivity index is 2.01. The fourth-order valence-corrected chi connectivity index (χ4v) is 2.62. The molecule has 0 aliphatic carbocycles. The molecular weight excluding hydrogens is 289 g/mol. The predicted octanol–water partition coefficient (Wildman–Crippen LogP) is 1.58. The van der Waals surface area contributed by atoms with Crippen molar-refractivity contribution < 1.29 is 12.8 Å². The van der Waals surface area contributed by atoms with E-state index in [1.165, 1.54) is 23.5 Å². The number of benzene rings is 1. The molecule has 8 heteroatoms. The fourth-order valence-electron chi connectivity index (χ4n) is 1.50. The molecule has 3 N–H and O–H groups in total.